The molecule has 104 heavy (non-hydrogen) atoms. The van der Waals surface area contributed by atoms with Gasteiger partial charge in [-0.1, -0.05) is 193 Å². The minimum atomic E-state index is -0.967. The maximum atomic E-state index is 11.6. The summed E-state index contributed by atoms with van der Waals surface area (Å²) in [4.78, 5) is 50.3. The maximum Gasteiger partial charge on any atom is 0.339 e. The zero-order valence-corrected chi connectivity index (χ0v) is 64.1. The number of pyridine rings is 1. The minimum Gasteiger partial charge on any atom is -0.478 e. The van der Waals surface area contributed by atoms with Crippen LogP contribution in [0, 0.1) is 23.7 Å². The van der Waals surface area contributed by atoms with Crippen LogP contribution in [0.1, 0.15) is 281 Å². The Morgan fingerprint density at radius 1 is 0.452 bits per heavy atom. The number of carbonyl (C=O) groups is 4. The van der Waals surface area contributed by atoms with Crippen molar-refractivity contribution in [1.29, 1.82) is 0 Å². The van der Waals surface area contributed by atoms with Gasteiger partial charge in [0.25, 0.3) is 0 Å². The summed E-state index contributed by atoms with van der Waals surface area (Å²) in [5.41, 5.74) is 21.2. The third-order valence-electron chi connectivity index (χ3n) is 21.3. The number of carbonyl (C=O) groups excluding carboxylic acids is 1. The van der Waals surface area contributed by atoms with Crippen LogP contribution < -0.4 is 0 Å². The molecule has 0 saturated carbocycles. The third-order valence-corrected chi connectivity index (χ3v) is 22.4. The number of carboxylic acid groups (broad SMARTS) is 3. The Labute approximate surface area is 620 Å². The Balaban J connectivity index is 0.000000161. The number of aromatic nitrogens is 1. The lowest BCUT2D eigenvalue weighted by Gasteiger charge is -2.42. The van der Waals surface area contributed by atoms with Gasteiger partial charge in [-0.15, -0.1) is 11.8 Å². The lowest BCUT2D eigenvalue weighted by atomic mass is 9.63. The van der Waals surface area contributed by atoms with Crippen LogP contribution >= 0.6 is 11.8 Å². The number of aromatic carboxylic acids is 3. The number of allylic oxidation sites excluding steroid dienone is 2. The second-order valence-electron chi connectivity index (χ2n) is 32.3. The quantitative estimate of drug-likeness (QED) is 0.0255. The van der Waals surface area contributed by atoms with Gasteiger partial charge in [-0.05, 0) is 273 Å². The molecule has 12 rings (SSSR count). The predicted molar refractivity (Wildman–Crippen MR) is 423 cm³/mol. The molecular weight excluding hydrogens is 1310 g/mol. The molecular formula is C92H100N2O9S. The SMILES string of the molecule is C/C(=C\c1ccc(C(=O)O)cc1)c1ccc2c(c1)C(C)(C)CCC2(C)C.CC1(C)CCC(C)(C)c2cc(C#Cc3ccc(C(=O)O)cc3)ccc21.CC1(C)CCC(C)(C)c2cc(C(/C=C/c3cccc(C(=O)O)c3)=N/O)ccc21.CCOC(=O)c1ccc(C#Cc2ccc3c(c2)C(C)(C)CCS3)nc1. The number of hydrogen-bond acceptors (Lipinski definition) is 9. The molecule has 3 aliphatic carbocycles. The first-order valence-electron chi connectivity index (χ1n) is 35.9. The van der Waals surface area contributed by atoms with E-state index in [0.29, 0.717) is 29.1 Å². The number of carboxylic acids is 3. The minimum absolute atomic E-state index is 0.0704. The molecule has 12 heteroatoms. The number of rotatable bonds is 10. The van der Waals surface area contributed by atoms with Crippen LogP contribution in [-0.2, 0) is 42.6 Å². The number of ether oxygens (including phenoxy) is 1. The summed E-state index contributed by atoms with van der Waals surface area (Å²) < 4.78 is 4.95. The molecule has 0 amide bonds. The van der Waals surface area contributed by atoms with Gasteiger partial charge in [0, 0.05) is 33.3 Å². The lowest BCUT2D eigenvalue weighted by Crippen LogP contribution is -2.34. The van der Waals surface area contributed by atoms with Gasteiger partial charge in [0.2, 0.25) is 0 Å². The molecule has 0 radical (unpaired) electrons. The van der Waals surface area contributed by atoms with Crippen molar-refractivity contribution in [2.45, 2.75) is 199 Å². The van der Waals surface area contributed by atoms with E-state index in [2.05, 4.69) is 210 Å². The number of esters is 1. The molecule has 0 saturated heterocycles. The van der Waals surface area contributed by atoms with E-state index in [4.69, 9.17) is 20.1 Å². The van der Waals surface area contributed by atoms with Gasteiger partial charge in [0.05, 0.1) is 28.9 Å². The van der Waals surface area contributed by atoms with Crippen LogP contribution in [0.15, 0.2) is 180 Å². The van der Waals surface area contributed by atoms with Gasteiger partial charge in [-0.3, -0.25) is 0 Å². The van der Waals surface area contributed by atoms with Gasteiger partial charge < -0.3 is 25.3 Å². The maximum absolute atomic E-state index is 11.6. The molecule has 0 bridgehead atoms. The highest BCUT2D eigenvalue weighted by molar-refractivity contribution is 7.99. The van der Waals surface area contributed by atoms with Crippen LogP contribution in [0.25, 0.3) is 17.7 Å². The fourth-order valence-electron chi connectivity index (χ4n) is 14.0. The second-order valence-corrected chi connectivity index (χ2v) is 33.5. The third kappa shape index (κ3) is 19.0. The second kappa shape index (κ2) is 31.9. The van der Waals surface area contributed by atoms with Gasteiger partial charge >= 0.3 is 23.9 Å². The summed E-state index contributed by atoms with van der Waals surface area (Å²) in [5, 5.41) is 40.2. The van der Waals surface area contributed by atoms with E-state index < -0.39 is 17.9 Å². The van der Waals surface area contributed by atoms with Crippen molar-refractivity contribution < 1.29 is 44.4 Å². The van der Waals surface area contributed by atoms with E-state index in [1.165, 1.54) is 99.0 Å². The van der Waals surface area contributed by atoms with Gasteiger partial charge in [-0.2, -0.15) is 0 Å². The molecule has 0 unspecified atom stereocenters. The smallest absolute Gasteiger partial charge is 0.339 e. The number of hydrogen-bond donors (Lipinski definition) is 4. The van der Waals surface area contributed by atoms with Crippen LogP contribution in [-0.4, -0.2) is 67.5 Å². The lowest BCUT2D eigenvalue weighted by molar-refractivity contribution is 0.0524. The highest BCUT2D eigenvalue weighted by Crippen LogP contribution is 2.49. The fourth-order valence-corrected chi connectivity index (χ4v) is 15.5. The van der Waals surface area contributed by atoms with E-state index >= 15 is 0 Å². The Morgan fingerprint density at radius 3 is 1.40 bits per heavy atom. The van der Waals surface area contributed by atoms with E-state index in [1.807, 2.05) is 36.0 Å². The van der Waals surface area contributed by atoms with Crippen molar-refractivity contribution in [3.05, 3.63) is 276 Å². The molecule has 8 aromatic rings. The standard InChI is InChI=1S/C24H27NO3.C24H28O2.C23H24O2.C21H21NO2S/c1-23(2)12-13-24(3,4)20-15-17(9-10-19(20)23)21(25-28)11-8-16-6-5-7-18(14-16)22(26)27;1-16(14-17-6-8-18(9-7-17)22(25)26)19-10-11-20-21(15-19)24(4,5)13-12-23(20,2)3;1-22(2)13-14-23(3,4)20-15-17(9-12-19(20)22)6-5-16-7-10-18(11-8-16)21(24)25;1-4-24-20(23)16-7-9-17(22-14-16)8-5-15-6-10-19-18(13-15)21(2,3)11-12-25-19/h5-11,14-15,28H,12-13H2,1-4H3,(H,26,27);6-11,14-15H,12-13H2,1-5H3,(H,25,26);7-12,15H,13-14H2,1-4H3,(H,24,25);6-7,9-10,13-14H,4,11-12H2,1-3H3/b11-8+,25-21+;16-14+;;. The molecule has 0 atom stereocenters. The van der Waals surface area contributed by atoms with Crippen LogP contribution in [0.2, 0.25) is 0 Å². The molecule has 11 nitrogen and oxygen atoms in total. The first-order chi connectivity index (χ1) is 48.9. The van der Waals surface area contributed by atoms with E-state index in [9.17, 15) is 24.4 Å². The molecule has 1 aromatic heterocycles. The number of thioether (sulfide) groups is 1. The zero-order valence-electron chi connectivity index (χ0n) is 63.3. The van der Waals surface area contributed by atoms with Crippen molar-refractivity contribution >= 4 is 59.1 Å². The Hall–Kier alpha value is -10.0. The first kappa shape index (κ1) is 78.1. The van der Waals surface area contributed by atoms with Crippen molar-refractivity contribution in [3.8, 4) is 23.7 Å². The van der Waals surface area contributed by atoms with E-state index in [-0.39, 0.29) is 55.0 Å². The normalized spacial score (nSPS) is 17.1. The van der Waals surface area contributed by atoms with E-state index in [1.54, 1.807) is 85.8 Å². The molecule has 2 heterocycles. The van der Waals surface area contributed by atoms with Gasteiger partial charge in [-0.25, -0.2) is 24.2 Å². The van der Waals surface area contributed by atoms with Crippen LogP contribution in [0.4, 0.5) is 0 Å². The van der Waals surface area contributed by atoms with Crippen LogP contribution in [0.3, 0.4) is 0 Å². The number of nitrogens with zero attached hydrogens (tertiary/aromatic N) is 2. The van der Waals surface area contributed by atoms with Crippen molar-refractivity contribution in [3.63, 3.8) is 0 Å². The molecule has 7 aromatic carbocycles. The predicted octanol–water partition coefficient (Wildman–Crippen LogP) is 21.5. The topological polar surface area (TPSA) is 184 Å². The average Bonchev–Trinajstić information content (AvgIpc) is 0.760. The highest BCUT2D eigenvalue weighted by Gasteiger charge is 2.40. The molecule has 4 aliphatic rings. The molecule has 0 fully saturated rings. The Morgan fingerprint density at radius 2 is 0.885 bits per heavy atom. The van der Waals surface area contributed by atoms with Crippen molar-refractivity contribution in [2.75, 3.05) is 12.4 Å². The van der Waals surface area contributed by atoms with Crippen molar-refractivity contribution in [2.24, 2.45) is 5.16 Å². The molecule has 1 aliphatic heterocycles. The molecule has 0 spiro atoms. The molecule has 4 N–H and O–H groups in total. The van der Waals surface area contributed by atoms with E-state index in [0.717, 1.165) is 46.2 Å². The summed E-state index contributed by atoms with van der Waals surface area (Å²) in [6, 6.07) is 49.9. The highest BCUT2D eigenvalue weighted by atomic mass is 32.2. The summed E-state index contributed by atoms with van der Waals surface area (Å²) in [7, 11) is 0. The number of fused-ring (bicyclic) bond motifs is 4. The van der Waals surface area contributed by atoms with Gasteiger partial charge in [0.15, 0.2) is 0 Å². The number of benzene rings is 7. The number of oxime groups is 1. The summed E-state index contributed by atoms with van der Waals surface area (Å²) in [6.07, 6.45) is 15.3. The Bertz CT molecular complexity index is 4770. The summed E-state index contributed by atoms with van der Waals surface area (Å²) in [6.45, 7) is 36.5. The summed E-state index contributed by atoms with van der Waals surface area (Å²) >= 11 is 1.92. The van der Waals surface area contributed by atoms with Crippen molar-refractivity contribution in [1.82, 2.24) is 4.98 Å². The summed E-state index contributed by atoms with van der Waals surface area (Å²) in [5.74, 6) is 10.7. The van der Waals surface area contributed by atoms with Crippen LogP contribution in [0.5, 0.6) is 0 Å². The zero-order chi connectivity index (χ0) is 75.7. The molecule has 538 valence electrons. The fraction of sp³-hybridized carbons (Fsp3) is 0.348. The van der Waals surface area contributed by atoms with Gasteiger partial charge in [0.1, 0.15) is 11.4 Å². The Kier molecular flexibility index (Phi) is 24.0. The average molecular weight is 1410 g/mol. The first-order valence-corrected chi connectivity index (χ1v) is 36.9. The monoisotopic (exact) mass is 1410 g/mol. The largest absolute Gasteiger partial charge is 0.478 e.